The number of hydrogen-bond acceptors (Lipinski definition) is 19. The van der Waals surface area contributed by atoms with Gasteiger partial charge in [0, 0.05) is 57.8 Å². The van der Waals surface area contributed by atoms with Crippen LogP contribution in [0.2, 0.25) is 0 Å². The third-order valence-corrected chi connectivity index (χ3v) is 9.93. The van der Waals surface area contributed by atoms with E-state index in [1.807, 2.05) is 0 Å². The van der Waals surface area contributed by atoms with Crippen molar-refractivity contribution >= 4 is 52.7 Å². The first-order chi connectivity index (χ1) is 35.6. The van der Waals surface area contributed by atoms with Crippen LogP contribution in [0.1, 0.15) is 105 Å². The van der Waals surface area contributed by atoms with Crippen LogP contribution < -0.4 is 38.1 Å². The Bertz CT molecular complexity index is 1530. The lowest BCUT2D eigenvalue weighted by Crippen LogP contribution is -2.40. The number of carbonyl (C=O) groups is 8. The number of hydrogen-bond donors (Lipinski definition) is 7. The summed E-state index contributed by atoms with van der Waals surface area (Å²) in [6.07, 6.45) is 6.07. The minimum absolute atomic E-state index is 0.000462. The van der Waals surface area contributed by atoms with Gasteiger partial charge >= 0.3 is 0 Å². The number of carbonyl (C=O) groups excluding carboxylic acids is 8. The summed E-state index contributed by atoms with van der Waals surface area (Å²) in [6.45, 7) is 16.2. The second kappa shape index (κ2) is 53.1. The fraction of sp³-hybridized carbons (Fsp3) is 0.816. The summed E-state index contributed by atoms with van der Waals surface area (Å²) in [5, 5.41) is 17.7. The van der Waals surface area contributed by atoms with E-state index in [1.165, 1.54) is 13.8 Å². The maximum absolute atomic E-state index is 12.1. The normalized spacial score (nSPS) is 11.9. The zero-order valence-corrected chi connectivity index (χ0v) is 45.0. The zero-order chi connectivity index (χ0) is 55.3. The molecule has 0 saturated heterocycles. The molecule has 0 aromatic carbocycles. The number of amides is 6. The molecule has 0 rings (SSSR count). The lowest BCUT2D eigenvalue weighted by atomic mass is 9.95. The van der Waals surface area contributed by atoms with Crippen LogP contribution in [0.25, 0.3) is 0 Å². The molecule has 2 atom stereocenters. The number of ether oxygens (including phenoxy) is 8. The molecule has 6 amide bonds. The van der Waals surface area contributed by atoms with Crippen molar-refractivity contribution < 1.29 is 81.1 Å². The molecule has 0 heterocycles. The third kappa shape index (κ3) is 55.0. The highest BCUT2D eigenvalue weighted by molar-refractivity contribution is 5.87. The van der Waals surface area contributed by atoms with Gasteiger partial charge in [-0.15, -0.1) is 0 Å². The predicted molar refractivity (Wildman–Crippen MR) is 275 cm³/mol. The molecule has 0 aliphatic rings. The molecule has 0 aromatic heterocycles. The number of nitrogens with two attached hydrogens (primary N) is 2. The number of nitrogens with zero attached hydrogens (tertiary/aromatic N) is 1. The summed E-state index contributed by atoms with van der Waals surface area (Å²) in [7, 11) is 0. The first-order valence-corrected chi connectivity index (χ1v) is 25.7. The van der Waals surface area contributed by atoms with Crippen molar-refractivity contribution in [3.8, 4) is 0 Å². The molecule has 0 aliphatic carbocycles. The van der Waals surface area contributed by atoms with Crippen LogP contribution in [0.15, 0.2) is 5.16 Å². The molecule has 430 valence electrons. The Kier molecular flexibility index (Phi) is 51.2. The number of primary amides is 2. The molecule has 0 radical (unpaired) electrons. The predicted octanol–water partition coefficient (Wildman–Crippen LogP) is 0.0168. The van der Waals surface area contributed by atoms with E-state index in [4.69, 9.17) is 54.2 Å². The van der Waals surface area contributed by atoms with Crippen LogP contribution in [0.5, 0.6) is 0 Å². The molecule has 0 aromatic rings. The van der Waals surface area contributed by atoms with E-state index in [9.17, 15) is 38.4 Å². The minimum atomic E-state index is -0.443. The van der Waals surface area contributed by atoms with Crippen LogP contribution in [0.3, 0.4) is 0 Å². The van der Waals surface area contributed by atoms with Crippen LogP contribution in [-0.4, -0.2) is 204 Å². The lowest BCUT2D eigenvalue weighted by molar-refractivity contribution is -0.126. The number of oxime groups is 1. The Morgan fingerprint density at radius 1 is 0.446 bits per heavy atom. The average molecular weight is 1070 g/mol. The monoisotopic (exact) mass is 1060 g/mol. The molecule has 25 heteroatoms. The highest BCUT2D eigenvalue weighted by Crippen LogP contribution is 2.14. The first kappa shape index (κ1) is 71.3. The Balaban J connectivity index is 0. The smallest absolute Gasteiger partial charge is 0.260 e. The number of rotatable bonds is 52. The van der Waals surface area contributed by atoms with Crippen molar-refractivity contribution in [2.45, 2.75) is 111 Å². The average Bonchev–Trinajstić information content (AvgIpc) is 3.35. The highest BCUT2D eigenvalue weighted by Gasteiger charge is 2.16. The molecule has 0 bridgehead atoms. The summed E-state index contributed by atoms with van der Waals surface area (Å²) in [4.78, 5) is 96.0. The number of unbranched alkanes of at least 4 members (excludes halogenated alkanes) is 2. The van der Waals surface area contributed by atoms with E-state index < -0.39 is 17.9 Å². The summed E-state index contributed by atoms with van der Waals surface area (Å²) < 4.78 is 43.5. The van der Waals surface area contributed by atoms with E-state index >= 15 is 0 Å². The van der Waals surface area contributed by atoms with Crippen molar-refractivity contribution in [2.75, 3.05) is 145 Å². The van der Waals surface area contributed by atoms with Crippen molar-refractivity contribution in [1.29, 1.82) is 0 Å². The molecule has 0 saturated carbocycles. The molecule has 0 aliphatic heterocycles. The molecule has 25 nitrogen and oxygen atoms in total. The Labute approximate surface area is 438 Å². The zero-order valence-electron chi connectivity index (χ0n) is 45.0. The maximum Gasteiger partial charge on any atom is 0.260 e. The van der Waals surface area contributed by atoms with Crippen molar-refractivity contribution in [3.05, 3.63) is 0 Å². The molecule has 74 heavy (non-hydrogen) atoms. The molecule has 0 fully saturated rings. The van der Waals surface area contributed by atoms with Crippen LogP contribution >= 0.6 is 0 Å². The SMILES string of the molecule is CC(=O)CN[C@@H](C)C(N)=O.CCCCNC(=O)CCOCCOCCOCCOCCNC(=O)CC/C(C)=N/OCC(=O)NCCOCCOCCOCCOCCC(=O)NCCCC[C@H](CCC(C)=O)C(N)=O. The van der Waals surface area contributed by atoms with E-state index in [-0.39, 0.29) is 73.7 Å². The van der Waals surface area contributed by atoms with Gasteiger partial charge in [0.05, 0.1) is 124 Å². The molecule has 0 unspecified atom stereocenters. The van der Waals surface area contributed by atoms with Crippen molar-refractivity contribution in [3.63, 3.8) is 0 Å². The van der Waals surface area contributed by atoms with Crippen LogP contribution in [0.4, 0.5) is 0 Å². The quantitative estimate of drug-likeness (QED) is 0.0240. The molecular formula is C49H92N8O17. The fourth-order valence-electron chi connectivity index (χ4n) is 5.59. The standard InChI is InChI=1S/C43H80N6O15.C6H12N2O2/c1-4-5-15-45-40(52)13-19-56-23-27-60-31-33-62-29-25-58-21-17-47-39(51)12-9-36(2)49-64-35-42(54)48-18-22-59-26-30-63-34-32-61-28-24-57-20-14-41(53)46-16-7-6-8-38(43(44)55)11-10-37(3)50;1-4(9)3-8-5(2)6(7)10/h38H,4-35H2,1-3H3,(H2,44,55)(H,45,52)(H,46,53)(H,47,51)(H,48,54);5,8H,3H2,1-2H3,(H2,7,10)/b49-36+;/t38-;5-/m10/s1. The summed E-state index contributed by atoms with van der Waals surface area (Å²) in [5.74, 6) is -1.73. The van der Waals surface area contributed by atoms with Gasteiger partial charge in [-0.05, 0) is 59.8 Å². The van der Waals surface area contributed by atoms with Gasteiger partial charge in [0.1, 0.15) is 11.6 Å². The van der Waals surface area contributed by atoms with Crippen LogP contribution in [0, 0.1) is 5.92 Å². The largest absolute Gasteiger partial charge is 0.386 e. The first-order valence-electron chi connectivity index (χ1n) is 25.7. The number of nitrogens with one attached hydrogen (secondary N) is 5. The molecule has 9 N–H and O–H groups in total. The van der Waals surface area contributed by atoms with Crippen LogP contribution in [-0.2, 0) is 81.1 Å². The number of ketones is 2. The highest BCUT2D eigenvalue weighted by atomic mass is 16.6. The lowest BCUT2D eigenvalue weighted by Gasteiger charge is -2.12. The molecular weight excluding hydrogens is 973 g/mol. The van der Waals surface area contributed by atoms with Gasteiger partial charge in [0.2, 0.25) is 29.5 Å². The van der Waals surface area contributed by atoms with E-state index in [0.29, 0.717) is 163 Å². The van der Waals surface area contributed by atoms with E-state index in [1.54, 1.807) is 13.8 Å². The number of Topliss-reactive ketones (excluding diaryl/α,β-unsaturated/α-hetero) is 2. The third-order valence-electron chi connectivity index (χ3n) is 9.93. The second-order valence-electron chi connectivity index (χ2n) is 16.8. The van der Waals surface area contributed by atoms with Gasteiger partial charge in [0.25, 0.3) is 5.91 Å². The van der Waals surface area contributed by atoms with Gasteiger partial charge in [-0.2, -0.15) is 0 Å². The Morgan fingerprint density at radius 3 is 1.30 bits per heavy atom. The van der Waals surface area contributed by atoms with Gasteiger partial charge in [-0.1, -0.05) is 24.9 Å². The second-order valence-corrected chi connectivity index (χ2v) is 16.8. The summed E-state index contributed by atoms with van der Waals surface area (Å²) in [6, 6.07) is -0.427. The summed E-state index contributed by atoms with van der Waals surface area (Å²) in [5.41, 5.74) is 10.9. The maximum atomic E-state index is 12.1. The van der Waals surface area contributed by atoms with Crippen molar-refractivity contribution in [1.82, 2.24) is 26.6 Å². The molecule has 0 spiro atoms. The Hall–Kier alpha value is -4.73. The van der Waals surface area contributed by atoms with Gasteiger partial charge in [-0.25, -0.2) is 0 Å². The van der Waals surface area contributed by atoms with E-state index in [0.717, 1.165) is 25.7 Å². The van der Waals surface area contributed by atoms with Gasteiger partial charge < -0.3 is 80.3 Å². The fourth-order valence-corrected chi connectivity index (χ4v) is 5.59. The van der Waals surface area contributed by atoms with E-state index in [2.05, 4.69) is 38.7 Å². The summed E-state index contributed by atoms with van der Waals surface area (Å²) >= 11 is 0. The minimum Gasteiger partial charge on any atom is -0.386 e. The van der Waals surface area contributed by atoms with Gasteiger partial charge in [0.15, 0.2) is 6.61 Å². The topological polar surface area (TPSA) is 344 Å². The van der Waals surface area contributed by atoms with Crippen molar-refractivity contribution in [2.24, 2.45) is 22.5 Å². The Morgan fingerprint density at radius 2 is 0.865 bits per heavy atom. The van der Waals surface area contributed by atoms with Gasteiger partial charge in [-0.3, -0.25) is 38.9 Å².